The molecule has 2 aromatic rings. The van der Waals surface area contributed by atoms with Crippen LogP contribution < -0.4 is 16.2 Å². The molecule has 0 radical (unpaired) electrons. The molecule has 1 atom stereocenters. The predicted octanol–water partition coefficient (Wildman–Crippen LogP) is 1.30. The maximum absolute atomic E-state index is 12.4. The molecule has 3 rings (SSSR count). The first-order chi connectivity index (χ1) is 14.0. The van der Waals surface area contributed by atoms with Crippen LogP contribution in [0.15, 0.2) is 4.79 Å². The molecule has 3 heterocycles. The third kappa shape index (κ3) is 4.87. The van der Waals surface area contributed by atoms with Gasteiger partial charge in [-0.25, -0.2) is 4.79 Å². The molecular weight excluding hydrogens is 376 g/mol. The highest BCUT2D eigenvalue weighted by Gasteiger charge is 2.30. The summed E-state index contributed by atoms with van der Waals surface area (Å²) in [4.78, 5) is 37.6. The number of rotatable bonds is 10. The normalized spacial score (nSPS) is 17.1. The third-order valence-electron chi connectivity index (χ3n) is 5.27. The minimum Gasteiger partial charge on any atom is -0.468 e. The maximum Gasteiger partial charge on any atom is 0.327 e. The van der Waals surface area contributed by atoms with E-state index in [1.165, 1.54) is 7.11 Å². The number of carbonyl (C=O) groups excluding carboxylic acids is 1. The van der Waals surface area contributed by atoms with E-state index in [0.717, 1.165) is 51.6 Å². The second-order valence-electron chi connectivity index (χ2n) is 7.30. The van der Waals surface area contributed by atoms with E-state index in [0.29, 0.717) is 24.3 Å². The van der Waals surface area contributed by atoms with Gasteiger partial charge in [-0.3, -0.25) is 14.3 Å². The summed E-state index contributed by atoms with van der Waals surface area (Å²) >= 11 is 0. The van der Waals surface area contributed by atoms with Gasteiger partial charge < -0.3 is 20.2 Å². The molecule has 1 saturated heterocycles. The number of esters is 1. The average molecular weight is 406 g/mol. The minimum atomic E-state index is -0.264. The van der Waals surface area contributed by atoms with Gasteiger partial charge in [0.25, 0.3) is 0 Å². The number of H-pyrrole nitrogens is 1. The third-order valence-corrected chi connectivity index (χ3v) is 5.27. The van der Waals surface area contributed by atoms with Crippen LogP contribution in [0.5, 0.6) is 6.01 Å². The Bertz CT molecular complexity index is 893. The van der Waals surface area contributed by atoms with Gasteiger partial charge in [-0.1, -0.05) is 13.3 Å². The molecule has 3 N–H and O–H groups in total. The Hall–Kier alpha value is -2.62. The van der Waals surface area contributed by atoms with Crippen LogP contribution in [-0.2, 0) is 16.1 Å². The summed E-state index contributed by atoms with van der Waals surface area (Å²) in [5.41, 5.74) is 6.60. The predicted molar refractivity (Wildman–Crippen MR) is 109 cm³/mol. The number of nitrogen functional groups attached to an aromatic ring is 1. The molecule has 0 amide bonds. The van der Waals surface area contributed by atoms with Gasteiger partial charge in [0, 0.05) is 6.54 Å². The van der Waals surface area contributed by atoms with Crippen LogP contribution in [0.1, 0.15) is 45.4 Å². The Balaban J connectivity index is 1.63. The first-order valence-corrected chi connectivity index (χ1v) is 10.3. The van der Waals surface area contributed by atoms with E-state index in [1.54, 1.807) is 4.57 Å². The molecule has 0 spiro atoms. The van der Waals surface area contributed by atoms with Gasteiger partial charge >= 0.3 is 17.7 Å². The number of nitrogens with one attached hydrogen (secondary N) is 1. The summed E-state index contributed by atoms with van der Waals surface area (Å²) < 4.78 is 12.0. The number of aromatic nitrogens is 4. The van der Waals surface area contributed by atoms with E-state index in [9.17, 15) is 9.59 Å². The van der Waals surface area contributed by atoms with Crippen molar-refractivity contribution in [3.63, 3.8) is 0 Å². The van der Waals surface area contributed by atoms with Crippen molar-refractivity contribution in [2.45, 2.75) is 58.0 Å². The standard InChI is InChI=1S/C19H30N6O4/c1-3-4-12-29-18-22-15(20)14-16(23-18)25(19(27)21-14)11-6-5-9-24-10-7-8-13(24)17(26)28-2/h13H,3-12H2,1-2H3,(H,21,27)(H2,20,22,23). The van der Waals surface area contributed by atoms with Crippen molar-refractivity contribution < 1.29 is 14.3 Å². The smallest absolute Gasteiger partial charge is 0.327 e. The summed E-state index contributed by atoms with van der Waals surface area (Å²) in [5, 5.41) is 0. The lowest BCUT2D eigenvalue weighted by Crippen LogP contribution is -2.37. The molecule has 10 heteroatoms. The maximum atomic E-state index is 12.4. The Morgan fingerprint density at radius 1 is 1.28 bits per heavy atom. The second-order valence-corrected chi connectivity index (χ2v) is 7.30. The lowest BCUT2D eigenvalue weighted by molar-refractivity contribution is -0.145. The summed E-state index contributed by atoms with van der Waals surface area (Å²) in [6.45, 7) is 4.77. The van der Waals surface area contributed by atoms with E-state index < -0.39 is 0 Å². The number of nitrogens with two attached hydrogens (primary N) is 1. The van der Waals surface area contributed by atoms with Crippen molar-refractivity contribution in [1.29, 1.82) is 0 Å². The van der Waals surface area contributed by atoms with Crippen LogP contribution in [0.4, 0.5) is 5.82 Å². The number of nitrogens with zero attached hydrogens (tertiary/aromatic N) is 4. The van der Waals surface area contributed by atoms with Crippen LogP contribution in [0, 0.1) is 0 Å². The lowest BCUT2D eigenvalue weighted by atomic mass is 10.2. The Kier molecular flexibility index (Phi) is 7.08. The van der Waals surface area contributed by atoms with E-state index in [4.69, 9.17) is 15.2 Å². The monoisotopic (exact) mass is 406 g/mol. The molecule has 0 aromatic carbocycles. The summed E-state index contributed by atoms with van der Waals surface area (Å²) in [5.74, 6) is 0.0356. The van der Waals surface area contributed by atoms with Crippen LogP contribution in [0.25, 0.3) is 11.2 Å². The number of hydrogen-bond donors (Lipinski definition) is 2. The largest absolute Gasteiger partial charge is 0.468 e. The molecule has 1 fully saturated rings. The van der Waals surface area contributed by atoms with Crippen molar-refractivity contribution in [3.8, 4) is 6.01 Å². The van der Waals surface area contributed by atoms with E-state index >= 15 is 0 Å². The van der Waals surface area contributed by atoms with Gasteiger partial charge in [-0.2, -0.15) is 9.97 Å². The number of likely N-dealkylation sites (tertiary alicyclic amines) is 1. The highest BCUT2D eigenvalue weighted by Crippen LogP contribution is 2.20. The summed E-state index contributed by atoms with van der Waals surface area (Å²) in [6, 6.07) is 0.0420. The van der Waals surface area contributed by atoms with Crippen LogP contribution in [-0.4, -0.2) is 63.2 Å². The fraction of sp³-hybridized carbons (Fsp3) is 0.684. The average Bonchev–Trinajstić information content (AvgIpc) is 3.30. The summed E-state index contributed by atoms with van der Waals surface area (Å²) in [6.07, 6.45) is 5.36. The highest BCUT2D eigenvalue weighted by molar-refractivity contribution is 5.81. The molecule has 160 valence electrons. The number of aromatic amines is 1. The SMILES string of the molecule is CCCCOc1nc(N)c2[nH]c(=O)n(CCCCN3CCCC3C(=O)OC)c2n1. The van der Waals surface area contributed by atoms with Gasteiger partial charge in [0.2, 0.25) is 0 Å². The molecule has 1 unspecified atom stereocenters. The van der Waals surface area contributed by atoms with Gasteiger partial charge in [0.05, 0.1) is 13.7 Å². The van der Waals surface area contributed by atoms with E-state index in [-0.39, 0.29) is 29.5 Å². The van der Waals surface area contributed by atoms with Crippen molar-refractivity contribution in [1.82, 2.24) is 24.4 Å². The number of methoxy groups -OCH3 is 1. The Morgan fingerprint density at radius 2 is 2.07 bits per heavy atom. The Morgan fingerprint density at radius 3 is 2.83 bits per heavy atom. The second kappa shape index (κ2) is 9.73. The molecule has 29 heavy (non-hydrogen) atoms. The summed E-state index contributed by atoms with van der Waals surface area (Å²) in [7, 11) is 1.43. The number of anilines is 1. The van der Waals surface area contributed by atoms with Gasteiger partial charge in [0.1, 0.15) is 11.6 Å². The zero-order valence-electron chi connectivity index (χ0n) is 17.1. The molecule has 10 nitrogen and oxygen atoms in total. The van der Waals surface area contributed by atoms with E-state index in [2.05, 4.69) is 26.8 Å². The minimum absolute atomic E-state index is 0.147. The number of hydrogen-bond acceptors (Lipinski definition) is 8. The zero-order chi connectivity index (χ0) is 20.8. The van der Waals surface area contributed by atoms with Crippen molar-refractivity contribution in [2.75, 3.05) is 32.5 Å². The van der Waals surface area contributed by atoms with Gasteiger partial charge in [0.15, 0.2) is 11.5 Å². The quantitative estimate of drug-likeness (QED) is 0.446. The molecule has 0 saturated carbocycles. The topological polar surface area (TPSA) is 128 Å². The molecular formula is C19H30N6O4. The lowest BCUT2D eigenvalue weighted by Gasteiger charge is -2.22. The molecule has 2 aromatic heterocycles. The van der Waals surface area contributed by atoms with Crippen molar-refractivity contribution in [3.05, 3.63) is 10.5 Å². The fourth-order valence-electron chi connectivity index (χ4n) is 3.69. The number of fused-ring (bicyclic) bond motifs is 1. The van der Waals surface area contributed by atoms with Crippen LogP contribution >= 0.6 is 0 Å². The van der Waals surface area contributed by atoms with Crippen molar-refractivity contribution >= 4 is 23.0 Å². The molecule has 0 bridgehead atoms. The number of carbonyl (C=O) groups is 1. The number of ether oxygens (including phenoxy) is 2. The van der Waals surface area contributed by atoms with E-state index in [1.807, 2.05) is 0 Å². The molecule has 1 aliphatic heterocycles. The molecule has 0 aliphatic carbocycles. The first-order valence-electron chi connectivity index (χ1n) is 10.3. The highest BCUT2D eigenvalue weighted by atomic mass is 16.5. The number of unbranched alkanes of at least 4 members (excludes halogenated alkanes) is 2. The van der Waals surface area contributed by atoms with Crippen LogP contribution in [0.2, 0.25) is 0 Å². The zero-order valence-corrected chi connectivity index (χ0v) is 17.1. The number of imidazole rings is 1. The first kappa shape index (κ1) is 21.1. The van der Waals surface area contributed by atoms with Crippen LogP contribution in [0.3, 0.4) is 0 Å². The van der Waals surface area contributed by atoms with Crippen molar-refractivity contribution in [2.24, 2.45) is 0 Å². The molecule has 1 aliphatic rings. The van der Waals surface area contributed by atoms with Gasteiger partial charge in [-0.15, -0.1) is 0 Å². The van der Waals surface area contributed by atoms with Gasteiger partial charge in [-0.05, 0) is 45.2 Å². The fourth-order valence-corrected chi connectivity index (χ4v) is 3.69. The Labute approximate surface area is 169 Å². The number of aryl methyl sites for hydroxylation is 1.